The number of amides is 1. The fraction of sp³-hybridized carbons (Fsp3) is 0.263. The summed E-state index contributed by atoms with van der Waals surface area (Å²) in [4.78, 5) is 16.2. The summed E-state index contributed by atoms with van der Waals surface area (Å²) in [5, 5.41) is 9.35. The zero-order chi connectivity index (χ0) is 18.1. The van der Waals surface area contributed by atoms with E-state index in [4.69, 9.17) is 0 Å². The van der Waals surface area contributed by atoms with Crippen LogP contribution in [0.4, 0.5) is 0 Å². The summed E-state index contributed by atoms with van der Waals surface area (Å²) < 4.78 is 0.888. The second-order valence-electron chi connectivity index (χ2n) is 5.55. The summed E-state index contributed by atoms with van der Waals surface area (Å²) in [5.74, 6) is 0.617. The molecule has 7 heteroatoms. The van der Waals surface area contributed by atoms with Crippen molar-refractivity contribution in [3.05, 3.63) is 69.7 Å². The number of aryl methyl sites for hydroxylation is 1. The molecular weight excluding hydrogens is 507 g/mol. The van der Waals surface area contributed by atoms with E-state index in [2.05, 4.69) is 55.9 Å². The fourth-order valence-corrected chi connectivity index (χ4v) is 2.70. The van der Waals surface area contributed by atoms with E-state index in [-0.39, 0.29) is 29.9 Å². The zero-order valence-corrected chi connectivity index (χ0v) is 18.8. The van der Waals surface area contributed by atoms with Crippen LogP contribution in [0.25, 0.3) is 0 Å². The molecule has 2 aromatic rings. The van der Waals surface area contributed by atoms with E-state index in [1.54, 1.807) is 19.2 Å². The lowest BCUT2D eigenvalue weighted by Gasteiger charge is -2.13. The Labute approximate surface area is 180 Å². The van der Waals surface area contributed by atoms with Crippen LogP contribution in [0, 0.1) is 6.92 Å². The number of aliphatic imine (C=N–C) groups is 1. The molecule has 2 rings (SSSR count). The van der Waals surface area contributed by atoms with Crippen molar-refractivity contribution in [1.82, 2.24) is 16.0 Å². The van der Waals surface area contributed by atoms with Crippen molar-refractivity contribution in [3.8, 4) is 0 Å². The van der Waals surface area contributed by atoms with Gasteiger partial charge in [-0.15, -0.1) is 24.0 Å². The lowest BCUT2D eigenvalue weighted by atomic mass is 10.1. The number of halogens is 2. The molecule has 140 valence electrons. The van der Waals surface area contributed by atoms with E-state index in [0.717, 1.165) is 4.47 Å². The highest BCUT2D eigenvalue weighted by Crippen LogP contribution is 2.11. The monoisotopic (exact) mass is 530 g/mol. The summed E-state index contributed by atoms with van der Waals surface area (Å²) in [5.41, 5.74) is 3.11. The molecule has 26 heavy (non-hydrogen) atoms. The first-order chi connectivity index (χ1) is 12.1. The Balaban J connectivity index is 0.00000338. The van der Waals surface area contributed by atoms with Gasteiger partial charge in [0.1, 0.15) is 0 Å². The van der Waals surface area contributed by atoms with Crippen molar-refractivity contribution in [1.29, 1.82) is 0 Å². The zero-order valence-electron chi connectivity index (χ0n) is 14.9. The Morgan fingerprint density at radius 3 is 2.46 bits per heavy atom. The maximum absolute atomic E-state index is 12.1. The third-order valence-corrected chi connectivity index (χ3v) is 4.21. The van der Waals surface area contributed by atoms with Gasteiger partial charge >= 0.3 is 0 Å². The van der Waals surface area contributed by atoms with Gasteiger partial charge in [0.2, 0.25) is 0 Å². The maximum atomic E-state index is 12.1. The van der Waals surface area contributed by atoms with Gasteiger partial charge in [-0.1, -0.05) is 46.3 Å². The molecule has 2 aromatic carbocycles. The van der Waals surface area contributed by atoms with Gasteiger partial charge in [-0.25, -0.2) is 0 Å². The smallest absolute Gasteiger partial charge is 0.251 e. The Bertz CT molecular complexity index is 752. The van der Waals surface area contributed by atoms with Crippen molar-refractivity contribution >= 4 is 51.8 Å². The van der Waals surface area contributed by atoms with Crippen LogP contribution in [0.15, 0.2) is 58.0 Å². The van der Waals surface area contributed by atoms with E-state index in [0.29, 0.717) is 31.2 Å². The van der Waals surface area contributed by atoms with Crippen molar-refractivity contribution < 1.29 is 4.79 Å². The molecule has 0 fully saturated rings. The Morgan fingerprint density at radius 1 is 1.04 bits per heavy atom. The molecule has 0 saturated carbocycles. The largest absolute Gasteiger partial charge is 0.355 e. The second kappa shape index (κ2) is 11.9. The van der Waals surface area contributed by atoms with Gasteiger partial charge in [0.05, 0.1) is 0 Å². The lowest BCUT2D eigenvalue weighted by molar-refractivity contribution is 0.0954. The molecule has 0 atom stereocenters. The van der Waals surface area contributed by atoms with Gasteiger partial charge in [-0.2, -0.15) is 0 Å². The number of nitrogens with zero attached hydrogens (tertiary/aromatic N) is 1. The van der Waals surface area contributed by atoms with Crippen molar-refractivity contribution in [2.45, 2.75) is 13.5 Å². The van der Waals surface area contributed by atoms with Crippen LogP contribution in [0.1, 0.15) is 21.5 Å². The van der Waals surface area contributed by atoms with Gasteiger partial charge in [-0.3, -0.25) is 9.79 Å². The number of guanidine groups is 1. The van der Waals surface area contributed by atoms with Crippen LogP contribution in [0.2, 0.25) is 0 Å². The molecule has 0 aliphatic rings. The summed E-state index contributed by atoms with van der Waals surface area (Å²) in [6.45, 7) is 3.89. The predicted molar refractivity (Wildman–Crippen MR) is 121 cm³/mol. The highest BCUT2D eigenvalue weighted by molar-refractivity contribution is 14.0. The fourth-order valence-electron chi connectivity index (χ4n) is 2.30. The van der Waals surface area contributed by atoms with E-state index >= 15 is 0 Å². The van der Waals surface area contributed by atoms with Crippen LogP contribution < -0.4 is 16.0 Å². The molecule has 0 spiro atoms. The van der Waals surface area contributed by atoms with Crippen LogP contribution in [-0.4, -0.2) is 32.0 Å². The van der Waals surface area contributed by atoms with E-state index in [9.17, 15) is 4.79 Å². The topological polar surface area (TPSA) is 65.5 Å². The van der Waals surface area contributed by atoms with E-state index in [1.165, 1.54) is 11.1 Å². The minimum atomic E-state index is -0.0917. The number of nitrogens with one attached hydrogen (secondary N) is 3. The molecule has 0 aliphatic heterocycles. The van der Waals surface area contributed by atoms with Crippen LogP contribution in [0.3, 0.4) is 0 Å². The molecule has 0 saturated heterocycles. The van der Waals surface area contributed by atoms with Gasteiger partial charge in [-0.05, 0) is 36.2 Å². The van der Waals surface area contributed by atoms with Gasteiger partial charge in [0.25, 0.3) is 5.91 Å². The van der Waals surface area contributed by atoms with Crippen LogP contribution in [0.5, 0.6) is 0 Å². The number of rotatable bonds is 6. The molecule has 0 radical (unpaired) electrons. The molecule has 3 N–H and O–H groups in total. The minimum Gasteiger partial charge on any atom is -0.355 e. The molecule has 0 heterocycles. The van der Waals surface area contributed by atoms with E-state index < -0.39 is 0 Å². The average molecular weight is 531 g/mol. The molecule has 1 amide bonds. The number of benzene rings is 2. The molecule has 0 aromatic heterocycles. The lowest BCUT2D eigenvalue weighted by Crippen LogP contribution is -2.41. The highest BCUT2D eigenvalue weighted by Gasteiger charge is 2.05. The average Bonchev–Trinajstić information content (AvgIpc) is 2.62. The van der Waals surface area contributed by atoms with Crippen molar-refractivity contribution in [3.63, 3.8) is 0 Å². The van der Waals surface area contributed by atoms with Crippen molar-refractivity contribution in [2.75, 3.05) is 20.1 Å². The minimum absolute atomic E-state index is 0. The van der Waals surface area contributed by atoms with E-state index in [1.807, 2.05) is 24.3 Å². The molecule has 0 bridgehead atoms. The third kappa shape index (κ3) is 7.33. The normalized spacial score (nSPS) is 10.7. The quantitative estimate of drug-likeness (QED) is 0.232. The van der Waals surface area contributed by atoms with Gasteiger partial charge in [0, 0.05) is 36.7 Å². The first kappa shape index (κ1) is 22.4. The number of hydrogen-bond acceptors (Lipinski definition) is 2. The Morgan fingerprint density at radius 2 is 1.77 bits per heavy atom. The summed E-state index contributed by atoms with van der Waals surface area (Å²) in [6.07, 6.45) is 0. The van der Waals surface area contributed by atoms with Gasteiger partial charge in [0.15, 0.2) is 5.96 Å². The first-order valence-electron chi connectivity index (χ1n) is 8.13. The summed E-state index contributed by atoms with van der Waals surface area (Å²) in [6, 6.07) is 15.6. The summed E-state index contributed by atoms with van der Waals surface area (Å²) >= 11 is 3.37. The maximum Gasteiger partial charge on any atom is 0.251 e. The molecular formula is C19H24BrIN4O. The van der Waals surface area contributed by atoms with Crippen LogP contribution >= 0.6 is 39.9 Å². The number of carbonyl (C=O) groups is 1. The molecule has 0 aliphatic carbocycles. The van der Waals surface area contributed by atoms with Crippen molar-refractivity contribution in [2.24, 2.45) is 4.99 Å². The first-order valence-corrected chi connectivity index (χ1v) is 8.92. The Hall–Kier alpha value is -1.61. The predicted octanol–water partition coefficient (Wildman–Crippen LogP) is 3.47. The second-order valence-corrected chi connectivity index (χ2v) is 6.46. The number of carbonyl (C=O) groups excluding carboxylic acids is 1. The molecule has 5 nitrogen and oxygen atoms in total. The van der Waals surface area contributed by atoms with Crippen LogP contribution in [-0.2, 0) is 6.54 Å². The summed E-state index contributed by atoms with van der Waals surface area (Å²) in [7, 11) is 1.73. The third-order valence-electron chi connectivity index (χ3n) is 3.72. The molecule has 0 unspecified atom stereocenters. The Kier molecular flexibility index (Phi) is 10.3. The van der Waals surface area contributed by atoms with Gasteiger partial charge < -0.3 is 16.0 Å². The standard InChI is InChI=1S/C19H23BrN4O.HI/c1-14-6-3-4-7-16(14)13-24-19(21-2)23-11-10-22-18(25)15-8-5-9-17(20)12-15;/h3-9,12H,10-11,13H2,1-2H3,(H,22,25)(H2,21,23,24);1H. The highest BCUT2D eigenvalue weighted by atomic mass is 127. The number of hydrogen-bond donors (Lipinski definition) is 3. The SMILES string of the molecule is CN=C(NCCNC(=O)c1cccc(Br)c1)NCc1ccccc1C.I.